The highest BCUT2D eigenvalue weighted by Crippen LogP contribution is 2.29. The number of nitrogens with one attached hydrogen (secondary N) is 1. The second-order valence-corrected chi connectivity index (χ2v) is 5.76. The number of aromatic nitrogens is 2. The highest BCUT2D eigenvalue weighted by atomic mass is 35.5. The summed E-state index contributed by atoms with van der Waals surface area (Å²) in [7, 11) is 0. The number of hydrogen-bond acceptors (Lipinski definition) is 5. The SMILES string of the molecule is Nc1nc(N)c2c(n1)CC[C@@H](C(=O)Nc1ccc(Cl)cc1)C2. The van der Waals surface area contributed by atoms with E-state index >= 15 is 0 Å². The number of carbonyl (C=O) groups is 1. The van der Waals surface area contributed by atoms with Gasteiger partial charge >= 0.3 is 0 Å². The predicted octanol–water partition coefficient (Wildman–Crippen LogP) is 2.04. The van der Waals surface area contributed by atoms with Crippen LogP contribution in [0.4, 0.5) is 17.5 Å². The van der Waals surface area contributed by atoms with E-state index in [2.05, 4.69) is 15.3 Å². The van der Waals surface area contributed by atoms with E-state index in [0.29, 0.717) is 30.1 Å². The highest BCUT2D eigenvalue weighted by molar-refractivity contribution is 6.30. The smallest absolute Gasteiger partial charge is 0.227 e. The average molecular weight is 318 g/mol. The topological polar surface area (TPSA) is 107 Å². The van der Waals surface area contributed by atoms with Gasteiger partial charge in [-0.25, -0.2) is 4.98 Å². The van der Waals surface area contributed by atoms with Crippen molar-refractivity contribution in [3.05, 3.63) is 40.5 Å². The molecule has 7 heteroatoms. The van der Waals surface area contributed by atoms with E-state index < -0.39 is 0 Å². The number of nitrogens with zero attached hydrogens (tertiary/aromatic N) is 2. The molecule has 0 aliphatic heterocycles. The second-order valence-electron chi connectivity index (χ2n) is 5.33. The van der Waals surface area contributed by atoms with Crippen LogP contribution >= 0.6 is 11.6 Å². The van der Waals surface area contributed by atoms with Crippen LogP contribution in [-0.2, 0) is 17.6 Å². The Morgan fingerprint density at radius 2 is 1.95 bits per heavy atom. The summed E-state index contributed by atoms with van der Waals surface area (Å²) >= 11 is 5.83. The maximum Gasteiger partial charge on any atom is 0.227 e. The van der Waals surface area contributed by atoms with Crippen molar-refractivity contribution < 1.29 is 4.79 Å². The number of anilines is 3. The van der Waals surface area contributed by atoms with Crippen LogP contribution in [0.2, 0.25) is 5.02 Å². The van der Waals surface area contributed by atoms with Gasteiger partial charge in [0.15, 0.2) is 0 Å². The molecule has 1 aliphatic rings. The van der Waals surface area contributed by atoms with Gasteiger partial charge in [0.1, 0.15) is 5.82 Å². The molecule has 1 aromatic heterocycles. The van der Waals surface area contributed by atoms with Gasteiger partial charge in [-0.1, -0.05) is 11.6 Å². The number of nitrogens with two attached hydrogens (primary N) is 2. The molecule has 0 unspecified atom stereocenters. The monoisotopic (exact) mass is 317 g/mol. The van der Waals surface area contributed by atoms with Gasteiger partial charge in [-0.15, -0.1) is 0 Å². The van der Waals surface area contributed by atoms with Gasteiger partial charge in [0.2, 0.25) is 11.9 Å². The summed E-state index contributed by atoms with van der Waals surface area (Å²) in [5, 5.41) is 3.53. The van der Waals surface area contributed by atoms with Gasteiger partial charge in [-0.3, -0.25) is 4.79 Å². The third-order valence-electron chi connectivity index (χ3n) is 3.80. The molecule has 0 saturated heterocycles. The van der Waals surface area contributed by atoms with Crippen LogP contribution < -0.4 is 16.8 Å². The van der Waals surface area contributed by atoms with E-state index in [9.17, 15) is 4.79 Å². The third-order valence-corrected chi connectivity index (χ3v) is 4.06. The van der Waals surface area contributed by atoms with E-state index in [-0.39, 0.29) is 17.8 Å². The third kappa shape index (κ3) is 2.96. The zero-order valence-corrected chi connectivity index (χ0v) is 12.6. The van der Waals surface area contributed by atoms with Gasteiger partial charge in [0, 0.05) is 22.2 Å². The molecule has 0 saturated carbocycles. The normalized spacial score (nSPS) is 16.9. The molecule has 0 radical (unpaired) electrons. The van der Waals surface area contributed by atoms with Gasteiger partial charge in [0.05, 0.1) is 5.69 Å². The van der Waals surface area contributed by atoms with Crippen LogP contribution in [0.15, 0.2) is 24.3 Å². The lowest BCUT2D eigenvalue weighted by Gasteiger charge is -2.24. The standard InChI is InChI=1S/C15H16ClN5O/c16-9-2-4-10(5-3-9)19-14(22)8-1-6-12-11(7-8)13(17)21-15(18)20-12/h2-5,8H,1,6-7H2,(H,19,22)(H4,17,18,20,21)/t8-/m1/s1. The van der Waals surface area contributed by atoms with Gasteiger partial charge in [-0.2, -0.15) is 4.98 Å². The number of aryl methyl sites for hydroxylation is 1. The molecule has 0 bridgehead atoms. The first-order valence-corrected chi connectivity index (χ1v) is 7.38. The number of rotatable bonds is 2. The van der Waals surface area contributed by atoms with Crippen molar-refractivity contribution in [1.82, 2.24) is 9.97 Å². The number of halogens is 1. The Kier molecular flexibility index (Phi) is 3.85. The maximum absolute atomic E-state index is 12.4. The summed E-state index contributed by atoms with van der Waals surface area (Å²) in [6, 6.07) is 7.02. The number of nitrogen functional groups attached to an aromatic ring is 2. The molecule has 3 rings (SSSR count). The van der Waals surface area contributed by atoms with Crippen molar-refractivity contribution in [2.75, 3.05) is 16.8 Å². The van der Waals surface area contributed by atoms with Crippen LogP contribution in [0.3, 0.4) is 0 Å². The summed E-state index contributed by atoms with van der Waals surface area (Å²) in [6.45, 7) is 0. The van der Waals surface area contributed by atoms with Crippen LogP contribution in [0.5, 0.6) is 0 Å². The van der Waals surface area contributed by atoms with Gasteiger partial charge in [-0.05, 0) is 43.5 Å². The molecule has 0 fully saturated rings. The first-order valence-electron chi connectivity index (χ1n) is 7.00. The van der Waals surface area contributed by atoms with E-state index in [1.807, 2.05) is 0 Å². The maximum atomic E-state index is 12.4. The van der Waals surface area contributed by atoms with Crippen LogP contribution in [0, 0.1) is 5.92 Å². The first kappa shape index (κ1) is 14.6. The lowest BCUT2D eigenvalue weighted by molar-refractivity contribution is -0.120. The number of carbonyl (C=O) groups excluding carboxylic acids is 1. The zero-order chi connectivity index (χ0) is 15.7. The van der Waals surface area contributed by atoms with Crippen molar-refractivity contribution in [2.45, 2.75) is 19.3 Å². The Labute approximate surface area is 132 Å². The molecule has 1 aliphatic carbocycles. The van der Waals surface area contributed by atoms with E-state index in [1.165, 1.54) is 0 Å². The molecular weight excluding hydrogens is 302 g/mol. The fraction of sp³-hybridized carbons (Fsp3) is 0.267. The van der Waals surface area contributed by atoms with Crippen molar-refractivity contribution >= 4 is 35.0 Å². The molecule has 114 valence electrons. The fourth-order valence-corrected chi connectivity index (χ4v) is 2.79. The zero-order valence-electron chi connectivity index (χ0n) is 11.8. The molecule has 5 N–H and O–H groups in total. The summed E-state index contributed by atoms with van der Waals surface area (Å²) in [5.74, 6) is 0.355. The summed E-state index contributed by atoms with van der Waals surface area (Å²) in [5.41, 5.74) is 13.9. The Balaban J connectivity index is 1.74. The number of hydrogen-bond donors (Lipinski definition) is 3. The molecule has 1 aromatic carbocycles. The molecule has 6 nitrogen and oxygen atoms in total. The minimum absolute atomic E-state index is 0.0378. The van der Waals surface area contributed by atoms with Crippen LogP contribution in [-0.4, -0.2) is 15.9 Å². The largest absolute Gasteiger partial charge is 0.383 e. The van der Waals surface area contributed by atoms with Crippen molar-refractivity contribution in [2.24, 2.45) is 5.92 Å². The lowest BCUT2D eigenvalue weighted by atomic mass is 9.86. The molecule has 0 spiro atoms. The van der Waals surface area contributed by atoms with Crippen LogP contribution in [0.25, 0.3) is 0 Å². The molecule has 1 heterocycles. The van der Waals surface area contributed by atoms with Gasteiger partial charge in [0.25, 0.3) is 0 Å². The Morgan fingerprint density at radius 3 is 2.68 bits per heavy atom. The van der Waals surface area contributed by atoms with Gasteiger partial charge < -0.3 is 16.8 Å². The van der Waals surface area contributed by atoms with E-state index in [0.717, 1.165) is 16.9 Å². The minimum atomic E-state index is -0.155. The summed E-state index contributed by atoms with van der Waals surface area (Å²) < 4.78 is 0. The summed E-state index contributed by atoms with van der Waals surface area (Å²) in [4.78, 5) is 20.6. The number of amides is 1. The molecule has 22 heavy (non-hydrogen) atoms. The van der Waals surface area contributed by atoms with E-state index in [4.69, 9.17) is 23.1 Å². The molecule has 1 atom stereocenters. The number of fused-ring (bicyclic) bond motifs is 1. The van der Waals surface area contributed by atoms with E-state index in [1.54, 1.807) is 24.3 Å². The number of benzene rings is 1. The quantitative estimate of drug-likeness (QED) is 0.785. The Bertz CT molecular complexity index is 717. The highest BCUT2D eigenvalue weighted by Gasteiger charge is 2.27. The van der Waals surface area contributed by atoms with Crippen molar-refractivity contribution in [3.63, 3.8) is 0 Å². The van der Waals surface area contributed by atoms with Crippen molar-refractivity contribution in [3.8, 4) is 0 Å². The molecular formula is C15H16ClN5O. The summed E-state index contributed by atoms with van der Waals surface area (Å²) in [6.07, 6.45) is 1.91. The predicted molar refractivity (Wildman–Crippen MR) is 86.5 cm³/mol. The average Bonchev–Trinajstić information content (AvgIpc) is 2.49. The Hall–Kier alpha value is -2.34. The first-order chi connectivity index (χ1) is 10.5. The van der Waals surface area contributed by atoms with Crippen LogP contribution in [0.1, 0.15) is 17.7 Å². The second kappa shape index (κ2) is 5.81. The van der Waals surface area contributed by atoms with Crippen molar-refractivity contribution in [1.29, 1.82) is 0 Å². The lowest BCUT2D eigenvalue weighted by Crippen LogP contribution is -2.29. The molecule has 2 aromatic rings. The fourth-order valence-electron chi connectivity index (χ4n) is 2.66. The molecule has 1 amide bonds. The minimum Gasteiger partial charge on any atom is -0.383 e. The Morgan fingerprint density at radius 1 is 1.23 bits per heavy atom.